The Hall–Kier alpha value is -1.21. The molecule has 1 aromatic rings. The molecule has 0 aliphatic rings. The summed E-state index contributed by atoms with van der Waals surface area (Å²) in [6.45, 7) is 5.18. The minimum atomic E-state index is -1.61. The van der Waals surface area contributed by atoms with Crippen molar-refractivity contribution in [1.29, 1.82) is 0 Å². The van der Waals surface area contributed by atoms with Gasteiger partial charge >= 0.3 is 5.97 Å². The van der Waals surface area contributed by atoms with Gasteiger partial charge in [-0.25, -0.2) is 4.79 Å². The highest BCUT2D eigenvalue weighted by molar-refractivity contribution is 9.10. The molecule has 0 saturated carbocycles. The lowest BCUT2D eigenvalue weighted by Gasteiger charge is -2.14. The van der Waals surface area contributed by atoms with Gasteiger partial charge in [-0.2, -0.15) is 0 Å². The number of carbonyl (C=O) groups is 2. The van der Waals surface area contributed by atoms with E-state index in [9.17, 15) is 13.8 Å². The Kier molecular flexibility index (Phi) is 5.88. The highest BCUT2D eigenvalue weighted by Gasteiger charge is 2.23. The second-order valence-corrected chi connectivity index (χ2v) is 7.18. The fourth-order valence-corrected chi connectivity index (χ4v) is 3.02. The van der Waals surface area contributed by atoms with E-state index in [1.165, 1.54) is 12.1 Å². The molecule has 110 valence electrons. The summed E-state index contributed by atoms with van der Waals surface area (Å²) in [4.78, 5) is 23.2. The maximum Gasteiger partial charge on any atom is 0.336 e. The van der Waals surface area contributed by atoms with Gasteiger partial charge in [0.05, 0.1) is 16.4 Å². The van der Waals surface area contributed by atoms with Crippen LogP contribution in [0, 0.1) is 0 Å². The number of carbonyl (C=O) groups excluding carboxylic acids is 1. The molecule has 0 radical (unpaired) electrons. The third kappa shape index (κ3) is 4.14. The molecule has 0 bridgehead atoms. The van der Waals surface area contributed by atoms with E-state index < -0.39 is 22.0 Å². The van der Waals surface area contributed by atoms with E-state index >= 15 is 0 Å². The summed E-state index contributed by atoms with van der Waals surface area (Å²) >= 11 is 3.12. The Morgan fingerprint density at radius 1 is 1.30 bits per heavy atom. The summed E-state index contributed by atoms with van der Waals surface area (Å²) in [7, 11) is -1.61. The van der Waals surface area contributed by atoms with Crippen LogP contribution >= 0.6 is 15.9 Å². The molecular weight excluding hydrogens is 346 g/mol. The van der Waals surface area contributed by atoms with Gasteiger partial charge in [-0.15, -0.1) is 0 Å². The topological polar surface area (TPSA) is 83.5 Å². The summed E-state index contributed by atoms with van der Waals surface area (Å²) in [5, 5.41) is 11.0. The summed E-state index contributed by atoms with van der Waals surface area (Å²) in [6, 6.07) is 4.35. The number of hydrogen-bond acceptors (Lipinski definition) is 3. The predicted molar refractivity (Wildman–Crippen MR) is 80.3 cm³/mol. The van der Waals surface area contributed by atoms with Gasteiger partial charge in [0.15, 0.2) is 0 Å². The molecule has 1 aromatic carbocycles. The fourth-order valence-electron chi connectivity index (χ4n) is 1.50. The minimum Gasteiger partial charge on any atom is -0.478 e. The molecule has 1 amide bonds. The Bertz CT molecular complexity index is 559. The second kappa shape index (κ2) is 6.99. The van der Waals surface area contributed by atoms with Gasteiger partial charge in [-0.05, 0) is 54.9 Å². The molecule has 0 aliphatic carbocycles. The van der Waals surface area contributed by atoms with E-state index in [0.29, 0.717) is 9.37 Å². The third-order valence-corrected chi connectivity index (χ3v) is 4.79. The van der Waals surface area contributed by atoms with E-state index in [1.807, 2.05) is 13.8 Å². The van der Waals surface area contributed by atoms with Crippen molar-refractivity contribution in [2.24, 2.45) is 0 Å². The monoisotopic (exact) mass is 361 g/mol. The summed E-state index contributed by atoms with van der Waals surface area (Å²) < 4.78 is 12.7. The Labute approximate surface area is 128 Å². The first kappa shape index (κ1) is 16.8. The molecule has 0 fully saturated rings. The van der Waals surface area contributed by atoms with Crippen LogP contribution in [0.15, 0.2) is 27.6 Å². The Morgan fingerprint density at radius 2 is 1.90 bits per heavy atom. The quantitative estimate of drug-likeness (QED) is 0.841. The molecule has 1 rings (SSSR count). The van der Waals surface area contributed by atoms with Crippen molar-refractivity contribution in [3.63, 3.8) is 0 Å². The van der Waals surface area contributed by atoms with Gasteiger partial charge in [-0.1, -0.05) is 0 Å². The van der Waals surface area contributed by atoms with Gasteiger partial charge in [-0.3, -0.25) is 9.00 Å². The average molecular weight is 362 g/mol. The van der Waals surface area contributed by atoms with Gasteiger partial charge in [0, 0.05) is 15.4 Å². The standard InChI is InChI=1S/C13H16BrNO4S/c1-7(2)15-12(16)8(3)20(19)9-4-5-11(14)10(6-9)13(17)18/h4-8H,1-3H3,(H,15,16)(H,17,18). The zero-order chi connectivity index (χ0) is 15.4. The molecule has 0 aromatic heterocycles. The number of amides is 1. The lowest BCUT2D eigenvalue weighted by atomic mass is 10.2. The number of aromatic carboxylic acids is 1. The van der Waals surface area contributed by atoms with Crippen LogP contribution in [0.2, 0.25) is 0 Å². The largest absolute Gasteiger partial charge is 0.478 e. The summed E-state index contributed by atoms with van der Waals surface area (Å²) in [5.41, 5.74) is 0.0207. The molecule has 2 atom stereocenters. The van der Waals surface area contributed by atoms with Crippen molar-refractivity contribution in [2.45, 2.75) is 37.0 Å². The van der Waals surface area contributed by atoms with Gasteiger partial charge < -0.3 is 10.4 Å². The number of carboxylic acid groups (broad SMARTS) is 1. The number of benzene rings is 1. The van der Waals surface area contributed by atoms with Crippen LogP contribution in [0.25, 0.3) is 0 Å². The molecule has 2 unspecified atom stereocenters. The first-order chi connectivity index (χ1) is 9.23. The van der Waals surface area contributed by atoms with Crippen molar-refractivity contribution < 1.29 is 18.9 Å². The smallest absolute Gasteiger partial charge is 0.336 e. The van der Waals surface area contributed by atoms with Crippen molar-refractivity contribution in [1.82, 2.24) is 5.32 Å². The van der Waals surface area contributed by atoms with E-state index in [-0.39, 0.29) is 17.5 Å². The Morgan fingerprint density at radius 3 is 2.40 bits per heavy atom. The first-order valence-electron chi connectivity index (χ1n) is 5.97. The molecule has 0 saturated heterocycles. The molecule has 7 heteroatoms. The lowest BCUT2D eigenvalue weighted by molar-refractivity contribution is -0.120. The molecule has 0 aliphatic heterocycles. The first-order valence-corrected chi connectivity index (χ1v) is 7.98. The van der Waals surface area contributed by atoms with E-state index in [1.54, 1.807) is 13.0 Å². The van der Waals surface area contributed by atoms with E-state index in [2.05, 4.69) is 21.2 Å². The highest BCUT2D eigenvalue weighted by atomic mass is 79.9. The number of nitrogens with one attached hydrogen (secondary N) is 1. The van der Waals surface area contributed by atoms with E-state index in [0.717, 1.165) is 0 Å². The SMILES string of the molecule is CC(C)NC(=O)C(C)S(=O)c1ccc(Br)c(C(=O)O)c1. The maximum absolute atomic E-state index is 12.3. The number of halogens is 1. The zero-order valence-electron chi connectivity index (χ0n) is 11.3. The number of hydrogen-bond donors (Lipinski definition) is 2. The molecule has 0 spiro atoms. The average Bonchev–Trinajstić information content (AvgIpc) is 2.36. The van der Waals surface area contributed by atoms with Crippen LogP contribution in [-0.4, -0.2) is 32.5 Å². The van der Waals surface area contributed by atoms with Crippen LogP contribution in [0.5, 0.6) is 0 Å². The molecule has 2 N–H and O–H groups in total. The second-order valence-electron chi connectivity index (χ2n) is 4.55. The van der Waals surface area contributed by atoms with Crippen LogP contribution < -0.4 is 5.32 Å². The predicted octanol–water partition coefficient (Wildman–Crippen LogP) is 2.17. The molecule has 20 heavy (non-hydrogen) atoms. The van der Waals surface area contributed by atoms with Gasteiger partial charge in [0.25, 0.3) is 0 Å². The summed E-state index contributed by atoms with van der Waals surface area (Å²) in [6.07, 6.45) is 0. The normalized spacial score (nSPS) is 13.8. The van der Waals surface area contributed by atoms with Crippen molar-refractivity contribution in [2.75, 3.05) is 0 Å². The highest BCUT2D eigenvalue weighted by Crippen LogP contribution is 2.21. The molecular formula is C13H16BrNO4S. The molecule has 0 heterocycles. The van der Waals surface area contributed by atoms with Crippen LogP contribution in [0.3, 0.4) is 0 Å². The van der Waals surface area contributed by atoms with Gasteiger partial charge in [0.2, 0.25) is 5.91 Å². The summed E-state index contributed by atoms with van der Waals surface area (Å²) in [5.74, 6) is -1.44. The fraction of sp³-hybridized carbons (Fsp3) is 0.385. The maximum atomic E-state index is 12.3. The van der Waals surface area contributed by atoms with Crippen LogP contribution in [0.1, 0.15) is 31.1 Å². The van der Waals surface area contributed by atoms with Crippen molar-refractivity contribution >= 4 is 38.6 Å². The molecule has 5 nitrogen and oxygen atoms in total. The van der Waals surface area contributed by atoms with Crippen molar-refractivity contribution in [3.8, 4) is 0 Å². The third-order valence-electron chi connectivity index (χ3n) is 2.52. The Balaban J connectivity index is 3.00. The lowest BCUT2D eigenvalue weighted by Crippen LogP contribution is -2.39. The van der Waals surface area contributed by atoms with E-state index in [4.69, 9.17) is 5.11 Å². The zero-order valence-corrected chi connectivity index (χ0v) is 13.7. The van der Waals surface area contributed by atoms with Crippen LogP contribution in [0.4, 0.5) is 0 Å². The minimum absolute atomic E-state index is 0.0207. The van der Waals surface area contributed by atoms with Crippen LogP contribution in [-0.2, 0) is 15.6 Å². The number of rotatable bonds is 5. The van der Waals surface area contributed by atoms with Gasteiger partial charge in [0.1, 0.15) is 5.25 Å². The number of carboxylic acids is 1. The van der Waals surface area contributed by atoms with Crippen molar-refractivity contribution in [3.05, 3.63) is 28.2 Å².